The van der Waals surface area contributed by atoms with Crippen LogP contribution in [0.25, 0.3) is 0 Å². The van der Waals surface area contributed by atoms with Gasteiger partial charge < -0.3 is 20.7 Å². The van der Waals surface area contributed by atoms with Crippen molar-refractivity contribution in [2.75, 3.05) is 38.3 Å². The predicted molar refractivity (Wildman–Crippen MR) is 76.3 cm³/mol. The third kappa shape index (κ3) is 3.38. The summed E-state index contributed by atoms with van der Waals surface area (Å²) in [6, 6.07) is 5.69. The second-order valence-corrected chi connectivity index (χ2v) is 5.02. The maximum absolute atomic E-state index is 11.4. The lowest BCUT2D eigenvalue weighted by Gasteiger charge is -2.30. The third-order valence-electron chi connectivity index (χ3n) is 3.55. The first-order valence-electron chi connectivity index (χ1n) is 6.53. The van der Waals surface area contributed by atoms with Crippen LogP contribution in [-0.2, 0) is 4.74 Å². The van der Waals surface area contributed by atoms with Gasteiger partial charge in [0.05, 0.1) is 24.0 Å². The van der Waals surface area contributed by atoms with E-state index in [9.17, 15) is 4.79 Å². The number of nitrogen functional groups attached to an aromatic ring is 1. The highest BCUT2D eigenvalue weighted by Gasteiger charge is 2.17. The third-order valence-corrected chi connectivity index (χ3v) is 3.55. The van der Waals surface area contributed by atoms with Gasteiger partial charge in [-0.25, -0.2) is 4.79 Å². The highest BCUT2D eigenvalue weighted by atomic mass is 16.5. The summed E-state index contributed by atoms with van der Waals surface area (Å²) >= 11 is 0. The minimum atomic E-state index is -0.363. The number of nitrogens with two attached hydrogens (primary N) is 1. The fourth-order valence-electron chi connectivity index (χ4n) is 2.31. The van der Waals surface area contributed by atoms with Gasteiger partial charge in [-0.3, -0.25) is 0 Å². The number of benzene rings is 1. The Kier molecular flexibility index (Phi) is 4.27. The molecule has 0 aliphatic carbocycles. The minimum Gasteiger partial charge on any atom is -0.465 e. The van der Waals surface area contributed by atoms with E-state index in [1.807, 2.05) is 6.07 Å². The molecule has 3 N–H and O–H groups in total. The molecular formula is C14H21N3O2. The summed E-state index contributed by atoms with van der Waals surface area (Å²) in [7, 11) is 3.50. The van der Waals surface area contributed by atoms with Crippen LogP contribution in [0.1, 0.15) is 23.2 Å². The fourth-order valence-corrected chi connectivity index (χ4v) is 2.31. The van der Waals surface area contributed by atoms with Gasteiger partial charge in [0.25, 0.3) is 0 Å². The second kappa shape index (κ2) is 5.93. The van der Waals surface area contributed by atoms with Gasteiger partial charge in [-0.1, -0.05) is 0 Å². The van der Waals surface area contributed by atoms with E-state index >= 15 is 0 Å². The maximum Gasteiger partial charge on any atom is 0.337 e. The molecule has 0 saturated carbocycles. The molecule has 0 spiro atoms. The van der Waals surface area contributed by atoms with Crippen molar-refractivity contribution in [3.8, 4) is 0 Å². The summed E-state index contributed by atoms with van der Waals surface area (Å²) in [4.78, 5) is 13.7. The van der Waals surface area contributed by atoms with Crippen molar-refractivity contribution in [3.05, 3.63) is 23.8 Å². The van der Waals surface area contributed by atoms with Gasteiger partial charge in [0, 0.05) is 6.04 Å². The molecule has 0 bridgehead atoms. The van der Waals surface area contributed by atoms with Crippen LogP contribution >= 0.6 is 0 Å². The van der Waals surface area contributed by atoms with Crippen LogP contribution in [-0.4, -0.2) is 44.2 Å². The highest BCUT2D eigenvalue weighted by Crippen LogP contribution is 2.23. The van der Waals surface area contributed by atoms with Crippen LogP contribution in [0.5, 0.6) is 0 Å². The molecule has 5 heteroatoms. The summed E-state index contributed by atoms with van der Waals surface area (Å²) < 4.78 is 4.67. The van der Waals surface area contributed by atoms with E-state index in [-0.39, 0.29) is 5.97 Å². The Balaban J connectivity index is 2.03. The summed E-state index contributed by atoms with van der Waals surface area (Å²) in [5.41, 5.74) is 7.93. The zero-order valence-corrected chi connectivity index (χ0v) is 11.5. The number of ether oxygens (including phenoxy) is 1. The number of nitrogens with zero attached hydrogens (tertiary/aromatic N) is 1. The summed E-state index contributed by atoms with van der Waals surface area (Å²) in [6.45, 7) is 2.19. The Bertz CT molecular complexity index is 454. The van der Waals surface area contributed by atoms with Crippen molar-refractivity contribution in [2.45, 2.75) is 18.9 Å². The summed E-state index contributed by atoms with van der Waals surface area (Å²) in [5.74, 6) is -0.363. The van der Waals surface area contributed by atoms with Gasteiger partial charge in [0.2, 0.25) is 0 Å². The first-order chi connectivity index (χ1) is 9.10. The molecule has 104 valence electrons. The molecule has 0 aromatic heterocycles. The van der Waals surface area contributed by atoms with Gasteiger partial charge >= 0.3 is 5.97 Å². The molecule has 0 atom stereocenters. The lowest BCUT2D eigenvalue weighted by atomic mass is 10.0. The minimum absolute atomic E-state index is 0.363. The largest absolute Gasteiger partial charge is 0.465 e. The van der Waals surface area contributed by atoms with E-state index in [4.69, 9.17) is 5.73 Å². The molecule has 1 saturated heterocycles. The molecule has 1 fully saturated rings. The van der Waals surface area contributed by atoms with Gasteiger partial charge in [0.1, 0.15) is 0 Å². The molecule has 1 aromatic carbocycles. The van der Waals surface area contributed by atoms with E-state index in [0.717, 1.165) is 31.6 Å². The van der Waals surface area contributed by atoms with E-state index in [0.29, 0.717) is 17.3 Å². The Labute approximate surface area is 113 Å². The van der Waals surface area contributed by atoms with Gasteiger partial charge in [-0.15, -0.1) is 0 Å². The number of rotatable bonds is 3. The Morgan fingerprint density at radius 3 is 2.68 bits per heavy atom. The van der Waals surface area contributed by atoms with Crippen LogP contribution in [0.15, 0.2) is 18.2 Å². The van der Waals surface area contributed by atoms with Crippen LogP contribution < -0.4 is 11.1 Å². The van der Waals surface area contributed by atoms with Crippen molar-refractivity contribution in [2.24, 2.45) is 0 Å². The monoisotopic (exact) mass is 263 g/mol. The molecular weight excluding hydrogens is 242 g/mol. The van der Waals surface area contributed by atoms with Crippen LogP contribution in [0, 0.1) is 0 Å². The van der Waals surface area contributed by atoms with Gasteiger partial charge in [-0.2, -0.15) is 0 Å². The van der Waals surface area contributed by atoms with Crippen LogP contribution in [0.4, 0.5) is 11.4 Å². The first-order valence-corrected chi connectivity index (χ1v) is 6.53. The fraction of sp³-hybridized carbons (Fsp3) is 0.500. The molecule has 19 heavy (non-hydrogen) atoms. The van der Waals surface area contributed by atoms with Crippen LogP contribution in [0.3, 0.4) is 0 Å². The number of nitrogens with one attached hydrogen (secondary N) is 1. The van der Waals surface area contributed by atoms with Crippen LogP contribution in [0.2, 0.25) is 0 Å². The molecule has 0 amide bonds. The standard InChI is InChI=1S/C14H21N3O2/c1-17-7-5-11(6-8-17)16-13-4-3-10(9-12(13)15)14(18)19-2/h3-4,9,11,16H,5-8,15H2,1-2H3. The number of esters is 1. The Morgan fingerprint density at radius 2 is 2.11 bits per heavy atom. The van der Waals surface area contributed by atoms with Crippen molar-refractivity contribution >= 4 is 17.3 Å². The normalized spacial score (nSPS) is 17.2. The molecule has 1 aliphatic rings. The van der Waals surface area contributed by atoms with Crippen molar-refractivity contribution in [1.82, 2.24) is 4.90 Å². The topological polar surface area (TPSA) is 67.6 Å². The molecule has 1 aliphatic heterocycles. The molecule has 2 rings (SSSR count). The molecule has 0 unspecified atom stereocenters. The average molecular weight is 263 g/mol. The van der Waals surface area contributed by atoms with Crippen molar-refractivity contribution in [3.63, 3.8) is 0 Å². The van der Waals surface area contributed by atoms with E-state index < -0.39 is 0 Å². The lowest BCUT2D eigenvalue weighted by Crippen LogP contribution is -2.36. The second-order valence-electron chi connectivity index (χ2n) is 5.02. The Morgan fingerprint density at radius 1 is 1.42 bits per heavy atom. The smallest absolute Gasteiger partial charge is 0.337 e. The molecule has 5 nitrogen and oxygen atoms in total. The van der Waals surface area contributed by atoms with E-state index in [1.165, 1.54) is 7.11 Å². The maximum atomic E-state index is 11.4. The zero-order chi connectivity index (χ0) is 13.8. The number of hydrogen-bond acceptors (Lipinski definition) is 5. The number of piperidine rings is 1. The summed E-state index contributed by atoms with van der Waals surface area (Å²) in [5, 5.41) is 3.45. The quantitative estimate of drug-likeness (QED) is 0.640. The average Bonchev–Trinajstić information content (AvgIpc) is 2.42. The number of anilines is 2. The number of methoxy groups -OCH3 is 1. The van der Waals surface area contributed by atoms with Gasteiger partial charge in [-0.05, 0) is 51.2 Å². The SMILES string of the molecule is COC(=O)c1ccc(NC2CCN(C)CC2)c(N)c1. The zero-order valence-electron chi connectivity index (χ0n) is 11.5. The van der Waals surface area contributed by atoms with E-state index in [1.54, 1.807) is 12.1 Å². The predicted octanol–water partition coefficient (Wildman–Crippen LogP) is 1.56. The number of carbonyl (C=O) groups excluding carboxylic acids is 1. The Hall–Kier alpha value is -1.75. The first kappa shape index (κ1) is 13.7. The molecule has 1 aromatic rings. The summed E-state index contributed by atoms with van der Waals surface area (Å²) in [6.07, 6.45) is 2.21. The van der Waals surface area contributed by atoms with Crippen molar-refractivity contribution in [1.29, 1.82) is 0 Å². The lowest BCUT2D eigenvalue weighted by molar-refractivity contribution is 0.0601. The molecule has 1 heterocycles. The number of carbonyl (C=O) groups is 1. The van der Waals surface area contributed by atoms with Gasteiger partial charge in [0.15, 0.2) is 0 Å². The number of likely N-dealkylation sites (tertiary alicyclic amines) is 1. The number of hydrogen-bond donors (Lipinski definition) is 2. The highest BCUT2D eigenvalue weighted by molar-refractivity contribution is 5.91. The molecule has 0 radical (unpaired) electrons. The van der Waals surface area contributed by atoms with Crippen molar-refractivity contribution < 1.29 is 9.53 Å². The van der Waals surface area contributed by atoms with E-state index in [2.05, 4.69) is 22.0 Å².